The summed E-state index contributed by atoms with van der Waals surface area (Å²) in [6, 6.07) is 9.72. The molecule has 0 aromatic heterocycles. The largest absolute Gasteiger partial charge is 0.387 e. The highest BCUT2D eigenvalue weighted by Crippen LogP contribution is 2.10. The molecule has 4 heteroatoms. The molecule has 4 nitrogen and oxygen atoms in total. The van der Waals surface area contributed by atoms with E-state index < -0.39 is 6.10 Å². The lowest BCUT2D eigenvalue weighted by Crippen LogP contribution is -2.45. The molecule has 1 fully saturated rings. The first-order valence-corrected chi connectivity index (χ1v) is 6.49. The van der Waals surface area contributed by atoms with E-state index in [1.807, 2.05) is 30.3 Å². The molecule has 2 atom stereocenters. The lowest BCUT2D eigenvalue weighted by atomic mass is 10.1. The lowest BCUT2D eigenvalue weighted by molar-refractivity contribution is -0.0191. The zero-order valence-corrected chi connectivity index (χ0v) is 10.9. The van der Waals surface area contributed by atoms with Gasteiger partial charge in [0, 0.05) is 26.2 Å². The molecule has 1 heterocycles. The van der Waals surface area contributed by atoms with Gasteiger partial charge in [-0.2, -0.15) is 0 Å². The molecule has 0 unspecified atom stereocenters. The number of likely N-dealkylation sites (N-methyl/N-ethyl adjacent to an activating group) is 1. The number of rotatable bonds is 5. The first-order chi connectivity index (χ1) is 8.75. The quantitative estimate of drug-likeness (QED) is 0.805. The van der Waals surface area contributed by atoms with Crippen LogP contribution in [-0.4, -0.2) is 55.9 Å². The van der Waals surface area contributed by atoms with E-state index in [4.69, 9.17) is 4.74 Å². The second-order valence-electron chi connectivity index (χ2n) is 4.84. The highest BCUT2D eigenvalue weighted by Gasteiger charge is 2.17. The Labute approximate surface area is 109 Å². The molecule has 0 aliphatic carbocycles. The summed E-state index contributed by atoms with van der Waals surface area (Å²) >= 11 is 0. The number of nitrogens with zero attached hydrogens (tertiary/aromatic N) is 1. The van der Waals surface area contributed by atoms with Crippen molar-refractivity contribution >= 4 is 0 Å². The lowest BCUT2D eigenvalue weighted by Gasteiger charge is -2.30. The molecule has 1 aliphatic heterocycles. The molecule has 0 saturated carbocycles. The normalized spacial score (nSPS) is 22.9. The Hall–Kier alpha value is -0.940. The summed E-state index contributed by atoms with van der Waals surface area (Å²) in [5, 5.41) is 13.3. The Bertz CT molecular complexity index is 345. The van der Waals surface area contributed by atoms with Crippen LogP contribution >= 0.6 is 0 Å². The number of hydrogen-bond donors (Lipinski definition) is 2. The van der Waals surface area contributed by atoms with Crippen LogP contribution in [0.1, 0.15) is 11.7 Å². The molecule has 0 amide bonds. The van der Waals surface area contributed by atoms with Crippen LogP contribution in [0.15, 0.2) is 30.3 Å². The highest BCUT2D eigenvalue weighted by atomic mass is 16.5. The summed E-state index contributed by atoms with van der Waals surface area (Å²) < 4.78 is 5.65. The van der Waals surface area contributed by atoms with Gasteiger partial charge in [-0.25, -0.2) is 0 Å². The molecule has 0 radical (unpaired) electrons. The molecule has 1 aliphatic rings. The number of hydrogen-bond acceptors (Lipinski definition) is 4. The van der Waals surface area contributed by atoms with E-state index in [0.717, 1.165) is 31.8 Å². The van der Waals surface area contributed by atoms with Gasteiger partial charge in [-0.3, -0.25) is 0 Å². The van der Waals surface area contributed by atoms with E-state index in [2.05, 4.69) is 17.3 Å². The van der Waals surface area contributed by atoms with E-state index in [0.29, 0.717) is 6.54 Å². The maximum atomic E-state index is 9.99. The molecule has 18 heavy (non-hydrogen) atoms. The van der Waals surface area contributed by atoms with Crippen molar-refractivity contribution in [1.82, 2.24) is 10.2 Å². The summed E-state index contributed by atoms with van der Waals surface area (Å²) in [6.45, 7) is 4.10. The Morgan fingerprint density at radius 1 is 1.44 bits per heavy atom. The zero-order valence-electron chi connectivity index (χ0n) is 10.9. The average Bonchev–Trinajstić information content (AvgIpc) is 2.40. The fourth-order valence-corrected chi connectivity index (χ4v) is 2.16. The van der Waals surface area contributed by atoms with E-state index in [9.17, 15) is 5.11 Å². The maximum absolute atomic E-state index is 9.99. The number of ether oxygens (including phenoxy) is 1. The van der Waals surface area contributed by atoms with Gasteiger partial charge in [0.15, 0.2) is 0 Å². The predicted molar refractivity (Wildman–Crippen MR) is 71.5 cm³/mol. The number of nitrogens with one attached hydrogen (secondary N) is 1. The number of benzene rings is 1. The Balaban J connectivity index is 1.69. The number of aliphatic hydroxyl groups excluding tert-OH is 1. The van der Waals surface area contributed by atoms with E-state index in [-0.39, 0.29) is 6.10 Å². The molecular formula is C14H22N2O2. The van der Waals surface area contributed by atoms with Crippen LogP contribution in [0.2, 0.25) is 0 Å². The van der Waals surface area contributed by atoms with Crippen LogP contribution in [0.4, 0.5) is 0 Å². The second-order valence-corrected chi connectivity index (χ2v) is 4.84. The van der Waals surface area contributed by atoms with Crippen LogP contribution in [0.5, 0.6) is 0 Å². The predicted octanol–water partition coefficient (Wildman–Crippen LogP) is 0.640. The summed E-state index contributed by atoms with van der Waals surface area (Å²) in [5.41, 5.74) is 0.951. The van der Waals surface area contributed by atoms with Gasteiger partial charge >= 0.3 is 0 Å². The van der Waals surface area contributed by atoms with Crippen LogP contribution in [-0.2, 0) is 4.74 Å². The van der Waals surface area contributed by atoms with Crippen molar-refractivity contribution in [3.63, 3.8) is 0 Å². The number of morpholine rings is 1. The van der Waals surface area contributed by atoms with Gasteiger partial charge in [0.2, 0.25) is 0 Å². The third-order valence-electron chi connectivity index (χ3n) is 3.24. The van der Waals surface area contributed by atoms with E-state index in [1.165, 1.54) is 0 Å². The highest BCUT2D eigenvalue weighted by molar-refractivity contribution is 5.17. The molecule has 1 aromatic carbocycles. The third kappa shape index (κ3) is 4.07. The van der Waals surface area contributed by atoms with Gasteiger partial charge in [-0.05, 0) is 12.6 Å². The second kappa shape index (κ2) is 6.85. The van der Waals surface area contributed by atoms with Crippen molar-refractivity contribution in [2.45, 2.75) is 12.2 Å². The Kier molecular flexibility index (Phi) is 5.13. The van der Waals surface area contributed by atoms with Gasteiger partial charge in [-0.1, -0.05) is 30.3 Å². The van der Waals surface area contributed by atoms with Crippen LogP contribution in [0.3, 0.4) is 0 Å². The molecule has 1 aromatic rings. The minimum atomic E-state index is -0.451. The average molecular weight is 250 g/mol. The van der Waals surface area contributed by atoms with Crippen LogP contribution in [0, 0.1) is 0 Å². The summed E-state index contributed by atoms with van der Waals surface area (Å²) in [7, 11) is 2.11. The number of aliphatic hydroxyl groups is 1. The maximum Gasteiger partial charge on any atom is 0.0914 e. The van der Waals surface area contributed by atoms with Crippen molar-refractivity contribution in [2.24, 2.45) is 0 Å². The SMILES string of the molecule is CN1CCO[C@@H](CNC[C@@H](O)c2ccccc2)C1. The first-order valence-electron chi connectivity index (χ1n) is 6.49. The monoisotopic (exact) mass is 250 g/mol. The molecular weight excluding hydrogens is 228 g/mol. The van der Waals surface area contributed by atoms with Crippen LogP contribution < -0.4 is 5.32 Å². The van der Waals surface area contributed by atoms with Gasteiger partial charge in [0.1, 0.15) is 0 Å². The fourth-order valence-electron chi connectivity index (χ4n) is 2.16. The van der Waals surface area contributed by atoms with Crippen molar-refractivity contribution in [2.75, 3.05) is 39.8 Å². The van der Waals surface area contributed by atoms with Crippen LogP contribution in [0.25, 0.3) is 0 Å². The minimum Gasteiger partial charge on any atom is -0.387 e. The summed E-state index contributed by atoms with van der Waals surface area (Å²) in [5.74, 6) is 0. The summed E-state index contributed by atoms with van der Waals surface area (Å²) in [6.07, 6.45) is -0.223. The Morgan fingerprint density at radius 3 is 2.94 bits per heavy atom. The topological polar surface area (TPSA) is 44.7 Å². The zero-order chi connectivity index (χ0) is 12.8. The van der Waals surface area contributed by atoms with Crippen molar-refractivity contribution < 1.29 is 9.84 Å². The molecule has 1 saturated heterocycles. The molecule has 2 rings (SSSR count). The Morgan fingerprint density at radius 2 is 2.22 bits per heavy atom. The van der Waals surface area contributed by atoms with Gasteiger partial charge in [0.25, 0.3) is 0 Å². The molecule has 100 valence electrons. The van der Waals surface area contributed by atoms with E-state index in [1.54, 1.807) is 0 Å². The van der Waals surface area contributed by atoms with Gasteiger partial charge in [-0.15, -0.1) is 0 Å². The summed E-state index contributed by atoms with van der Waals surface area (Å²) in [4.78, 5) is 2.27. The minimum absolute atomic E-state index is 0.228. The fraction of sp³-hybridized carbons (Fsp3) is 0.571. The molecule has 2 N–H and O–H groups in total. The molecule has 0 spiro atoms. The van der Waals surface area contributed by atoms with Gasteiger partial charge in [0.05, 0.1) is 18.8 Å². The van der Waals surface area contributed by atoms with Crippen molar-refractivity contribution in [3.8, 4) is 0 Å². The van der Waals surface area contributed by atoms with Gasteiger partial charge < -0.3 is 20.1 Å². The smallest absolute Gasteiger partial charge is 0.0914 e. The van der Waals surface area contributed by atoms with Crippen molar-refractivity contribution in [3.05, 3.63) is 35.9 Å². The molecule has 0 bridgehead atoms. The third-order valence-corrected chi connectivity index (χ3v) is 3.24. The van der Waals surface area contributed by atoms with Crippen molar-refractivity contribution in [1.29, 1.82) is 0 Å². The first kappa shape index (κ1) is 13.5. The standard InChI is InChI=1S/C14H22N2O2/c1-16-7-8-18-13(11-16)9-15-10-14(17)12-5-3-2-4-6-12/h2-6,13-15,17H,7-11H2,1H3/t13-,14+/m0/s1. The van der Waals surface area contributed by atoms with E-state index >= 15 is 0 Å².